The Bertz CT molecular complexity index is 394. The zero-order chi connectivity index (χ0) is 10.5. The molecule has 2 aliphatic rings. The average molecular weight is 203 g/mol. The Balaban J connectivity index is 2.02. The van der Waals surface area contributed by atoms with Crippen molar-refractivity contribution in [2.45, 2.75) is 43.7 Å². The van der Waals surface area contributed by atoms with Gasteiger partial charge in [-0.3, -0.25) is 0 Å². The number of benzene rings is 1. The van der Waals surface area contributed by atoms with Crippen molar-refractivity contribution in [1.82, 2.24) is 0 Å². The Morgan fingerprint density at radius 2 is 2.07 bits per heavy atom. The average Bonchev–Trinajstić information content (AvgIpc) is 2.62. The van der Waals surface area contributed by atoms with E-state index in [2.05, 4.69) is 18.2 Å². The number of aryl methyl sites for hydroxylation is 1. The predicted octanol–water partition coefficient (Wildman–Crippen LogP) is 1.48. The number of rotatable bonds is 1. The van der Waals surface area contributed by atoms with Gasteiger partial charge in [-0.05, 0) is 48.8 Å². The molecule has 80 valence electrons. The number of aliphatic hydroxyl groups is 1. The van der Waals surface area contributed by atoms with E-state index >= 15 is 0 Å². The van der Waals surface area contributed by atoms with Crippen LogP contribution in [0.4, 0.5) is 0 Å². The number of fused-ring (bicyclic) bond motifs is 1. The van der Waals surface area contributed by atoms with E-state index < -0.39 is 0 Å². The van der Waals surface area contributed by atoms with Crippen LogP contribution in [0.25, 0.3) is 0 Å². The van der Waals surface area contributed by atoms with Gasteiger partial charge in [0.1, 0.15) is 0 Å². The first-order valence-corrected chi connectivity index (χ1v) is 5.77. The Morgan fingerprint density at radius 1 is 1.27 bits per heavy atom. The third-order valence-electron chi connectivity index (χ3n) is 3.88. The molecule has 2 nitrogen and oxygen atoms in total. The van der Waals surface area contributed by atoms with Crippen molar-refractivity contribution in [2.24, 2.45) is 5.73 Å². The molecule has 0 aromatic heterocycles. The van der Waals surface area contributed by atoms with Crippen LogP contribution in [0, 0.1) is 0 Å². The topological polar surface area (TPSA) is 46.2 Å². The van der Waals surface area contributed by atoms with Crippen molar-refractivity contribution in [3.8, 4) is 0 Å². The zero-order valence-corrected chi connectivity index (χ0v) is 8.87. The van der Waals surface area contributed by atoms with Crippen LogP contribution in [-0.2, 0) is 18.4 Å². The van der Waals surface area contributed by atoms with E-state index in [4.69, 9.17) is 5.73 Å². The van der Waals surface area contributed by atoms with Crippen LogP contribution < -0.4 is 5.73 Å². The second-order valence-electron chi connectivity index (χ2n) is 5.02. The maximum Gasteiger partial charge on any atom is 0.0582 e. The minimum absolute atomic E-state index is 0.188. The van der Waals surface area contributed by atoms with E-state index in [-0.39, 0.29) is 11.6 Å². The maximum absolute atomic E-state index is 9.41. The van der Waals surface area contributed by atoms with E-state index in [0.29, 0.717) is 0 Å². The van der Waals surface area contributed by atoms with Crippen LogP contribution in [0.5, 0.6) is 0 Å². The van der Waals surface area contributed by atoms with Gasteiger partial charge in [0.25, 0.3) is 0 Å². The van der Waals surface area contributed by atoms with E-state index in [9.17, 15) is 5.11 Å². The number of hydrogen-bond acceptors (Lipinski definition) is 2. The molecule has 1 saturated carbocycles. The molecule has 0 radical (unpaired) electrons. The molecule has 2 heteroatoms. The predicted molar refractivity (Wildman–Crippen MR) is 59.6 cm³/mol. The molecule has 0 unspecified atom stereocenters. The first-order valence-electron chi connectivity index (χ1n) is 5.77. The quantitative estimate of drug-likeness (QED) is 0.726. The Kier molecular flexibility index (Phi) is 1.91. The fraction of sp³-hybridized carbons (Fsp3) is 0.538. The molecule has 1 aromatic rings. The highest BCUT2D eigenvalue weighted by Crippen LogP contribution is 2.42. The molecule has 1 fully saturated rings. The molecule has 2 aliphatic carbocycles. The van der Waals surface area contributed by atoms with Gasteiger partial charge < -0.3 is 10.8 Å². The monoisotopic (exact) mass is 203 g/mol. The Morgan fingerprint density at radius 3 is 2.80 bits per heavy atom. The molecule has 0 heterocycles. The van der Waals surface area contributed by atoms with Gasteiger partial charge in [-0.25, -0.2) is 0 Å². The second kappa shape index (κ2) is 3.06. The van der Waals surface area contributed by atoms with Crippen molar-refractivity contribution in [1.29, 1.82) is 0 Å². The minimum atomic E-state index is -0.241. The molecule has 0 amide bonds. The van der Waals surface area contributed by atoms with Gasteiger partial charge in [0.05, 0.1) is 6.10 Å². The first-order chi connectivity index (χ1) is 7.19. The Hall–Kier alpha value is -0.860. The number of nitrogens with two attached hydrogens (primary N) is 1. The van der Waals surface area contributed by atoms with Crippen molar-refractivity contribution in [3.05, 3.63) is 34.9 Å². The highest BCUT2D eigenvalue weighted by Gasteiger charge is 2.43. The third kappa shape index (κ3) is 1.32. The highest BCUT2D eigenvalue weighted by atomic mass is 16.3. The summed E-state index contributed by atoms with van der Waals surface area (Å²) < 4.78 is 0. The molecule has 3 N–H and O–H groups in total. The normalized spacial score (nSPS) is 33.6. The molecule has 3 rings (SSSR count). The smallest absolute Gasteiger partial charge is 0.0582 e. The summed E-state index contributed by atoms with van der Waals surface area (Å²) >= 11 is 0. The summed E-state index contributed by atoms with van der Waals surface area (Å²) in [5.41, 5.74) is 10.3. The second-order valence-corrected chi connectivity index (χ2v) is 5.02. The lowest BCUT2D eigenvalue weighted by Crippen LogP contribution is -2.52. The van der Waals surface area contributed by atoms with E-state index in [0.717, 1.165) is 12.8 Å². The number of aliphatic hydroxyl groups excluding tert-OH is 1. The van der Waals surface area contributed by atoms with Gasteiger partial charge >= 0.3 is 0 Å². The summed E-state index contributed by atoms with van der Waals surface area (Å²) in [5, 5.41) is 9.41. The van der Waals surface area contributed by atoms with Crippen molar-refractivity contribution in [2.75, 3.05) is 0 Å². The van der Waals surface area contributed by atoms with E-state index in [1.807, 2.05) is 0 Å². The lowest BCUT2D eigenvalue weighted by molar-refractivity contribution is 0.0206. The molecular weight excluding hydrogens is 186 g/mol. The Labute approximate surface area is 90.1 Å². The molecule has 0 saturated heterocycles. The summed E-state index contributed by atoms with van der Waals surface area (Å²) in [4.78, 5) is 0. The third-order valence-corrected chi connectivity index (χ3v) is 3.88. The van der Waals surface area contributed by atoms with Gasteiger partial charge in [0.2, 0.25) is 0 Å². The van der Waals surface area contributed by atoms with Gasteiger partial charge in [0, 0.05) is 5.54 Å². The van der Waals surface area contributed by atoms with Crippen molar-refractivity contribution in [3.63, 3.8) is 0 Å². The maximum atomic E-state index is 9.41. The first kappa shape index (κ1) is 9.37. The zero-order valence-electron chi connectivity index (χ0n) is 8.87. The molecule has 0 spiro atoms. The van der Waals surface area contributed by atoms with Crippen LogP contribution in [0.1, 0.15) is 36.0 Å². The SMILES string of the molecule is NC1(c2cccc3c2CCC3)CC(O)C1. The lowest BCUT2D eigenvalue weighted by Gasteiger charge is -2.43. The summed E-state index contributed by atoms with van der Waals surface area (Å²) in [6.07, 6.45) is 4.88. The van der Waals surface area contributed by atoms with Crippen LogP contribution in [0.3, 0.4) is 0 Å². The van der Waals surface area contributed by atoms with Crippen LogP contribution in [-0.4, -0.2) is 11.2 Å². The number of hydrogen-bond donors (Lipinski definition) is 2. The largest absolute Gasteiger partial charge is 0.393 e. The van der Waals surface area contributed by atoms with Gasteiger partial charge in [0.15, 0.2) is 0 Å². The molecule has 0 aliphatic heterocycles. The molecule has 15 heavy (non-hydrogen) atoms. The molecule has 0 bridgehead atoms. The summed E-state index contributed by atoms with van der Waals surface area (Å²) in [5.74, 6) is 0. The summed E-state index contributed by atoms with van der Waals surface area (Å²) in [6, 6.07) is 6.47. The van der Waals surface area contributed by atoms with E-state index in [1.165, 1.54) is 36.0 Å². The van der Waals surface area contributed by atoms with Gasteiger partial charge in [-0.1, -0.05) is 18.2 Å². The highest BCUT2D eigenvalue weighted by molar-refractivity contribution is 5.43. The summed E-state index contributed by atoms with van der Waals surface area (Å²) in [7, 11) is 0. The van der Waals surface area contributed by atoms with Crippen molar-refractivity contribution >= 4 is 0 Å². The summed E-state index contributed by atoms with van der Waals surface area (Å²) in [6.45, 7) is 0. The fourth-order valence-corrected chi connectivity index (χ4v) is 3.09. The minimum Gasteiger partial charge on any atom is -0.393 e. The molecular formula is C13H17NO. The lowest BCUT2D eigenvalue weighted by atomic mass is 9.69. The standard InChI is InChI=1S/C13H17NO/c14-13(7-10(15)8-13)12-6-2-4-9-3-1-5-11(9)12/h2,4,6,10,15H,1,3,5,7-8,14H2. The van der Waals surface area contributed by atoms with Gasteiger partial charge in [-0.2, -0.15) is 0 Å². The van der Waals surface area contributed by atoms with Crippen molar-refractivity contribution < 1.29 is 5.11 Å². The van der Waals surface area contributed by atoms with Gasteiger partial charge in [-0.15, -0.1) is 0 Å². The fourth-order valence-electron chi connectivity index (χ4n) is 3.09. The van der Waals surface area contributed by atoms with Crippen LogP contribution in [0.2, 0.25) is 0 Å². The van der Waals surface area contributed by atoms with Crippen LogP contribution >= 0.6 is 0 Å². The van der Waals surface area contributed by atoms with Crippen LogP contribution in [0.15, 0.2) is 18.2 Å². The molecule has 1 aromatic carbocycles. The molecule has 0 atom stereocenters. The van der Waals surface area contributed by atoms with E-state index in [1.54, 1.807) is 0 Å².